The van der Waals surface area contributed by atoms with Gasteiger partial charge in [0.15, 0.2) is 0 Å². The molecule has 0 aromatic rings. The van der Waals surface area contributed by atoms with Gasteiger partial charge in [-0.1, -0.05) is 0 Å². The molecule has 0 amide bonds. The second-order valence-corrected chi connectivity index (χ2v) is 3.41. The summed E-state index contributed by atoms with van der Waals surface area (Å²) in [6, 6.07) is 1.56. The topological polar surface area (TPSA) is 15.3 Å². The van der Waals surface area contributed by atoms with Crippen LogP contribution in [-0.4, -0.2) is 29.7 Å². The maximum absolute atomic E-state index is 3.47. The molecule has 3 heterocycles. The summed E-state index contributed by atoms with van der Waals surface area (Å²) >= 11 is 0. The Morgan fingerprint density at radius 2 is 2.22 bits per heavy atom. The Morgan fingerprint density at radius 1 is 1.56 bits per heavy atom. The monoisotopic (exact) mass is 126 g/mol. The van der Waals surface area contributed by atoms with Crippen LogP contribution < -0.4 is 5.32 Å². The molecule has 0 saturated carbocycles. The molecule has 0 spiro atoms. The van der Waals surface area contributed by atoms with Crippen molar-refractivity contribution in [1.29, 1.82) is 0 Å². The number of hydrogen-bond donors (Lipinski definition) is 1. The Balaban J connectivity index is 2.00. The van der Waals surface area contributed by atoms with Gasteiger partial charge in [0.2, 0.25) is 0 Å². The fourth-order valence-electron chi connectivity index (χ4n) is 1.83. The number of nitrogens with zero attached hydrogens (tertiary/aromatic N) is 1. The third kappa shape index (κ3) is 0.700. The average molecular weight is 126 g/mol. The van der Waals surface area contributed by atoms with Crippen molar-refractivity contribution in [2.75, 3.05) is 6.54 Å². The van der Waals surface area contributed by atoms with Gasteiger partial charge in [-0.3, -0.25) is 10.2 Å². The largest absolute Gasteiger partial charge is 0.297 e. The van der Waals surface area contributed by atoms with Crippen LogP contribution in [-0.2, 0) is 0 Å². The number of rotatable bonds is 1. The SMILES string of the molecule is CC(C)N1CC2CC1N2. The van der Waals surface area contributed by atoms with Crippen LogP contribution in [0.3, 0.4) is 0 Å². The molecule has 2 bridgehead atoms. The number of fused-ring (bicyclic) bond motifs is 1. The van der Waals surface area contributed by atoms with E-state index in [4.69, 9.17) is 0 Å². The molecule has 0 radical (unpaired) electrons. The molecule has 3 fully saturated rings. The summed E-state index contributed by atoms with van der Waals surface area (Å²) in [7, 11) is 0. The van der Waals surface area contributed by atoms with Crippen molar-refractivity contribution < 1.29 is 0 Å². The van der Waals surface area contributed by atoms with E-state index in [2.05, 4.69) is 24.1 Å². The fourth-order valence-corrected chi connectivity index (χ4v) is 1.83. The Bertz CT molecular complexity index is 116. The highest BCUT2D eigenvalue weighted by atomic mass is 15.4. The summed E-state index contributed by atoms with van der Waals surface area (Å²) in [5.41, 5.74) is 0. The first-order valence-corrected chi connectivity index (χ1v) is 3.79. The van der Waals surface area contributed by atoms with Crippen molar-refractivity contribution in [3.8, 4) is 0 Å². The van der Waals surface area contributed by atoms with Crippen molar-refractivity contribution in [2.24, 2.45) is 0 Å². The summed E-state index contributed by atoms with van der Waals surface area (Å²) in [6.45, 7) is 5.81. The van der Waals surface area contributed by atoms with Crippen molar-refractivity contribution in [3.05, 3.63) is 0 Å². The normalized spacial score (nSPS) is 41.7. The van der Waals surface area contributed by atoms with Crippen LogP contribution in [0.5, 0.6) is 0 Å². The van der Waals surface area contributed by atoms with Crippen LogP contribution in [0, 0.1) is 0 Å². The molecule has 2 heteroatoms. The third-order valence-corrected chi connectivity index (χ3v) is 2.43. The minimum Gasteiger partial charge on any atom is -0.297 e. The van der Waals surface area contributed by atoms with Gasteiger partial charge in [0, 0.05) is 18.6 Å². The first-order chi connectivity index (χ1) is 4.27. The number of nitrogens with one attached hydrogen (secondary N) is 1. The lowest BCUT2D eigenvalue weighted by atomic mass is 10.1. The second-order valence-electron chi connectivity index (χ2n) is 3.41. The molecule has 9 heavy (non-hydrogen) atoms. The first kappa shape index (κ1) is 5.69. The molecule has 3 rings (SSSR count). The Hall–Kier alpha value is -0.0800. The van der Waals surface area contributed by atoms with E-state index in [1.165, 1.54) is 13.0 Å². The third-order valence-electron chi connectivity index (χ3n) is 2.43. The van der Waals surface area contributed by atoms with Gasteiger partial charge in [-0.15, -0.1) is 0 Å². The van der Waals surface area contributed by atoms with Gasteiger partial charge in [0.1, 0.15) is 0 Å². The highest BCUT2D eigenvalue weighted by Gasteiger charge is 2.42. The average Bonchev–Trinajstić information content (AvgIpc) is 2.12. The molecule has 2 atom stereocenters. The molecule has 0 aliphatic carbocycles. The molecule has 3 aliphatic heterocycles. The maximum Gasteiger partial charge on any atom is 0.0618 e. The zero-order valence-electron chi connectivity index (χ0n) is 6.09. The lowest BCUT2D eigenvalue weighted by Crippen LogP contribution is -2.48. The van der Waals surface area contributed by atoms with E-state index in [-0.39, 0.29) is 0 Å². The van der Waals surface area contributed by atoms with E-state index in [0.29, 0.717) is 0 Å². The summed E-state index contributed by atoms with van der Waals surface area (Å²) in [4.78, 5) is 2.53. The van der Waals surface area contributed by atoms with Crippen LogP contribution in [0.4, 0.5) is 0 Å². The Labute approximate surface area is 56.2 Å². The molecular formula is C7H14N2. The van der Waals surface area contributed by atoms with Crippen molar-refractivity contribution >= 4 is 0 Å². The predicted molar refractivity (Wildman–Crippen MR) is 37.2 cm³/mol. The van der Waals surface area contributed by atoms with Crippen LogP contribution in [0.15, 0.2) is 0 Å². The zero-order valence-corrected chi connectivity index (χ0v) is 6.09. The van der Waals surface area contributed by atoms with E-state index in [1.807, 2.05) is 0 Å². The fraction of sp³-hybridized carbons (Fsp3) is 1.00. The van der Waals surface area contributed by atoms with Gasteiger partial charge in [0.25, 0.3) is 0 Å². The van der Waals surface area contributed by atoms with E-state index in [9.17, 15) is 0 Å². The molecule has 2 nitrogen and oxygen atoms in total. The van der Waals surface area contributed by atoms with E-state index in [1.54, 1.807) is 0 Å². The van der Waals surface area contributed by atoms with Gasteiger partial charge < -0.3 is 0 Å². The molecule has 2 unspecified atom stereocenters. The molecule has 3 saturated heterocycles. The van der Waals surface area contributed by atoms with Gasteiger partial charge in [-0.2, -0.15) is 0 Å². The first-order valence-electron chi connectivity index (χ1n) is 3.79. The van der Waals surface area contributed by atoms with Crippen molar-refractivity contribution in [1.82, 2.24) is 10.2 Å². The highest BCUT2D eigenvalue weighted by molar-refractivity contribution is 4.99. The van der Waals surface area contributed by atoms with Crippen LogP contribution in [0.25, 0.3) is 0 Å². The Kier molecular flexibility index (Phi) is 1.08. The minimum atomic E-state index is 0.731. The maximum atomic E-state index is 3.47. The van der Waals surface area contributed by atoms with Crippen molar-refractivity contribution in [2.45, 2.75) is 38.5 Å². The second kappa shape index (κ2) is 1.70. The molecule has 1 N–H and O–H groups in total. The number of hydrogen-bond acceptors (Lipinski definition) is 2. The summed E-state index contributed by atoms with van der Waals surface area (Å²) < 4.78 is 0. The predicted octanol–water partition coefficient (Wildman–Crippen LogP) is 0.398. The molecule has 52 valence electrons. The summed E-state index contributed by atoms with van der Waals surface area (Å²) in [6.07, 6.45) is 2.12. The van der Waals surface area contributed by atoms with Gasteiger partial charge in [-0.25, -0.2) is 0 Å². The van der Waals surface area contributed by atoms with E-state index < -0.39 is 0 Å². The molecular weight excluding hydrogens is 112 g/mol. The van der Waals surface area contributed by atoms with Gasteiger partial charge in [-0.05, 0) is 20.3 Å². The minimum absolute atomic E-state index is 0.731. The summed E-state index contributed by atoms with van der Waals surface area (Å²) in [5.74, 6) is 0. The standard InChI is InChI=1S/C7H14N2/c1-5(2)9-4-6-3-7(9)8-6/h5-8H,3-4H2,1-2H3. The van der Waals surface area contributed by atoms with Crippen LogP contribution in [0.2, 0.25) is 0 Å². The quantitative estimate of drug-likeness (QED) is 0.547. The smallest absolute Gasteiger partial charge is 0.0618 e. The van der Waals surface area contributed by atoms with Crippen molar-refractivity contribution in [3.63, 3.8) is 0 Å². The van der Waals surface area contributed by atoms with Gasteiger partial charge >= 0.3 is 0 Å². The molecule has 0 aromatic carbocycles. The van der Waals surface area contributed by atoms with Crippen LogP contribution in [0.1, 0.15) is 20.3 Å². The lowest BCUT2D eigenvalue weighted by molar-refractivity contribution is 0.185. The highest BCUT2D eigenvalue weighted by Crippen LogP contribution is 2.27. The lowest BCUT2D eigenvalue weighted by Gasteiger charge is -2.29. The Morgan fingerprint density at radius 3 is 2.44 bits per heavy atom. The van der Waals surface area contributed by atoms with E-state index >= 15 is 0 Å². The van der Waals surface area contributed by atoms with E-state index in [0.717, 1.165) is 18.2 Å². The molecule has 0 aromatic heterocycles. The zero-order chi connectivity index (χ0) is 6.43. The summed E-state index contributed by atoms with van der Waals surface area (Å²) in [5, 5.41) is 3.47. The van der Waals surface area contributed by atoms with Gasteiger partial charge in [0.05, 0.1) is 6.17 Å². The van der Waals surface area contributed by atoms with Crippen LogP contribution >= 0.6 is 0 Å². The molecule has 3 aliphatic rings.